The molecular weight excluding hydrogens is 284 g/mol. The topological polar surface area (TPSA) is 72.8 Å². The maximum absolute atomic E-state index is 11.6. The molecule has 22 heavy (non-hydrogen) atoms. The van der Waals surface area contributed by atoms with Gasteiger partial charge in [-0.05, 0) is 31.3 Å². The standard InChI is InChI=1S/C17H24O5/c1-9(6-5-7-21-12(4)18)14-10(2)8-13-15(16(14)19)11(3)17(20)22-13/h9,13,15-16,19H,3,5-8H2,1-2,4H3/t9?,13-,15-,16?/m0/s1. The highest BCUT2D eigenvalue weighted by Gasteiger charge is 2.47. The minimum atomic E-state index is -0.721. The van der Waals surface area contributed by atoms with Crippen molar-refractivity contribution in [1.82, 2.24) is 0 Å². The van der Waals surface area contributed by atoms with E-state index in [1.54, 1.807) is 0 Å². The minimum absolute atomic E-state index is 0.162. The van der Waals surface area contributed by atoms with Crippen molar-refractivity contribution in [2.45, 2.75) is 52.2 Å². The van der Waals surface area contributed by atoms with Crippen molar-refractivity contribution < 1.29 is 24.2 Å². The number of carbonyl (C=O) groups excluding carboxylic acids is 2. The average molecular weight is 308 g/mol. The average Bonchev–Trinajstić information content (AvgIpc) is 2.69. The lowest BCUT2D eigenvalue weighted by Crippen LogP contribution is -2.37. The van der Waals surface area contributed by atoms with Gasteiger partial charge in [-0.15, -0.1) is 0 Å². The van der Waals surface area contributed by atoms with Crippen LogP contribution in [0.4, 0.5) is 0 Å². The van der Waals surface area contributed by atoms with E-state index in [-0.39, 0.29) is 23.9 Å². The molecule has 0 radical (unpaired) electrons. The van der Waals surface area contributed by atoms with Gasteiger partial charge in [0.25, 0.3) is 0 Å². The summed E-state index contributed by atoms with van der Waals surface area (Å²) in [4.78, 5) is 22.4. The van der Waals surface area contributed by atoms with E-state index in [2.05, 4.69) is 13.5 Å². The molecule has 0 amide bonds. The van der Waals surface area contributed by atoms with Gasteiger partial charge in [0.05, 0.1) is 18.6 Å². The molecule has 4 atom stereocenters. The molecule has 2 rings (SSSR count). The first-order valence-corrected chi connectivity index (χ1v) is 7.73. The Hall–Kier alpha value is -1.62. The molecule has 0 bridgehead atoms. The quantitative estimate of drug-likeness (QED) is 0.364. The zero-order valence-corrected chi connectivity index (χ0v) is 13.4. The SMILES string of the molecule is C=C1C(=O)O[C@H]2CC(C)=C(C(C)CCCOC(C)=O)C(O)[C@@H]12. The highest BCUT2D eigenvalue weighted by molar-refractivity contribution is 5.91. The van der Waals surface area contributed by atoms with E-state index in [4.69, 9.17) is 9.47 Å². The third kappa shape index (κ3) is 3.24. The molecule has 0 aromatic carbocycles. The number of esters is 2. The highest BCUT2D eigenvalue weighted by atomic mass is 16.6. The Labute approximate surface area is 131 Å². The second-order valence-corrected chi connectivity index (χ2v) is 6.26. The molecular formula is C17H24O5. The largest absolute Gasteiger partial charge is 0.466 e. The smallest absolute Gasteiger partial charge is 0.334 e. The van der Waals surface area contributed by atoms with E-state index in [0.717, 1.165) is 24.0 Å². The predicted octanol–water partition coefficient (Wildman–Crippen LogP) is 2.14. The molecule has 5 heteroatoms. The summed E-state index contributed by atoms with van der Waals surface area (Å²) in [6.07, 6.45) is 1.20. The Kier molecular flexibility index (Phi) is 5.06. The van der Waals surface area contributed by atoms with Crippen LogP contribution in [0.2, 0.25) is 0 Å². The van der Waals surface area contributed by atoms with Crippen LogP contribution >= 0.6 is 0 Å². The Balaban J connectivity index is 2.03. The molecule has 5 nitrogen and oxygen atoms in total. The fourth-order valence-electron chi connectivity index (χ4n) is 3.55. The lowest BCUT2D eigenvalue weighted by molar-refractivity contribution is -0.141. The Morgan fingerprint density at radius 1 is 1.55 bits per heavy atom. The number of hydrogen-bond donors (Lipinski definition) is 1. The lowest BCUT2D eigenvalue weighted by atomic mass is 9.73. The molecule has 2 unspecified atom stereocenters. The zero-order chi connectivity index (χ0) is 16.4. The molecule has 1 heterocycles. The molecule has 1 saturated heterocycles. The summed E-state index contributed by atoms with van der Waals surface area (Å²) in [7, 11) is 0. The van der Waals surface area contributed by atoms with Crippen LogP contribution in [0.25, 0.3) is 0 Å². The van der Waals surface area contributed by atoms with Gasteiger partial charge in [0.1, 0.15) is 6.10 Å². The number of carbonyl (C=O) groups is 2. The van der Waals surface area contributed by atoms with Crippen molar-refractivity contribution in [3.63, 3.8) is 0 Å². The van der Waals surface area contributed by atoms with E-state index in [0.29, 0.717) is 18.6 Å². The molecule has 0 aromatic heterocycles. The first kappa shape index (κ1) is 16.7. The molecule has 0 aromatic rings. The van der Waals surface area contributed by atoms with Crippen LogP contribution in [0, 0.1) is 11.8 Å². The fraction of sp³-hybridized carbons (Fsp3) is 0.647. The van der Waals surface area contributed by atoms with Gasteiger partial charge >= 0.3 is 11.9 Å². The predicted molar refractivity (Wildman–Crippen MR) is 80.9 cm³/mol. The van der Waals surface area contributed by atoms with E-state index in [1.807, 2.05) is 6.92 Å². The van der Waals surface area contributed by atoms with Gasteiger partial charge in [-0.25, -0.2) is 4.79 Å². The molecule has 0 saturated carbocycles. The van der Waals surface area contributed by atoms with Gasteiger partial charge in [-0.3, -0.25) is 4.79 Å². The van der Waals surface area contributed by atoms with Gasteiger partial charge in [0.15, 0.2) is 0 Å². The van der Waals surface area contributed by atoms with Crippen molar-refractivity contribution in [1.29, 1.82) is 0 Å². The van der Waals surface area contributed by atoms with E-state index in [9.17, 15) is 14.7 Å². The van der Waals surface area contributed by atoms with Crippen molar-refractivity contribution in [3.05, 3.63) is 23.3 Å². The Morgan fingerprint density at radius 2 is 2.23 bits per heavy atom. The number of ether oxygens (including phenoxy) is 2. The highest BCUT2D eigenvalue weighted by Crippen LogP contribution is 2.43. The first-order chi connectivity index (χ1) is 10.3. The normalized spacial score (nSPS) is 29.2. The van der Waals surface area contributed by atoms with Crippen LogP contribution in [-0.2, 0) is 19.1 Å². The number of aliphatic hydroxyl groups excluding tert-OH is 1. The summed E-state index contributed by atoms with van der Waals surface area (Å²) in [5.41, 5.74) is 2.43. The Morgan fingerprint density at radius 3 is 2.86 bits per heavy atom. The molecule has 1 aliphatic carbocycles. The van der Waals surface area contributed by atoms with Crippen LogP contribution in [0.1, 0.15) is 40.0 Å². The molecule has 1 N–H and O–H groups in total. The third-order valence-corrected chi connectivity index (χ3v) is 4.60. The molecule has 2 aliphatic rings. The summed E-state index contributed by atoms with van der Waals surface area (Å²) in [5.74, 6) is -0.843. The lowest BCUT2D eigenvalue weighted by Gasteiger charge is -2.35. The fourth-order valence-corrected chi connectivity index (χ4v) is 3.55. The summed E-state index contributed by atoms with van der Waals surface area (Å²) in [5, 5.41) is 10.7. The number of fused-ring (bicyclic) bond motifs is 1. The van der Waals surface area contributed by atoms with E-state index < -0.39 is 12.1 Å². The van der Waals surface area contributed by atoms with Crippen molar-refractivity contribution in [3.8, 4) is 0 Å². The van der Waals surface area contributed by atoms with E-state index >= 15 is 0 Å². The van der Waals surface area contributed by atoms with Crippen molar-refractivity contribution in [2.75, 3.05) is 6.61 Å². The monoisotopic (exact) mass is 308 g/mol. The van der Waals surface area contributed by atoms with Crippen LogP contribution < -0.4 is 0 Å². The summed E-state index contributed by atoms with van der Waals surface area (Å²) in [6.45, 7) is 9.58. The molecule has 0 spiro atoms. The zero-order valence-electron chi connectivity index (χ0n) is 13.4. The van der Waals surface area contributed by atoms with Crippen LogP contribution in [0.3, 0.4) is 0 Å². The third-order valence-electron chi connectivity index (χ3n) is 4.60. The number of hydrogen-bond acceptors (Lipinski definition) is 5. The van der Waals surface area contributed by atoms with E-state index in [1.165, 1.54) is 6.92 Å². The first-order valence-electron chi connectivity index (χ1n) is 7.73. The van der Waals surface area contributed by atoms with Gasteiger partial charge < -0.3 is 14.6 Å². The number of aliphatic hydroxyl groups is 1. The van der Waals surface area contributed by atoms with Crippen LogP contribution in [0.5, 0.6) is 0 Å². The molecule has 1 aliphatic heterocycles. The van der Waals surface area contributed by atoms with Gasteiger partial charge in [-0.1, -0.05) is 19.1 Å². The van der Waals surface area contributed by atoms with Gasteiger partial charge in [0.2, 0.25) is 0 Å². The summed E-state index contributed by atoms with van der Waals surface area (Å²) >= 11 is 0. The molecule has 122 valence electrons. The molecule has 1 fully saturated rings. The second kappa shape index (κ2) is 6.65. The van der Waals surface area contributed by atoms with Crippen molar-refractivity contribution >= 4 is 11.9 Å². The van der Waals surface area contributed by atoms with Crippen LogP contribution in [0.15, 0.2) is 23.3 Å². The second-order valence-electron chi connectivity index (χ2n) is 6.26. The van der Waals surface area contributed by atoms with Gasteiger partial charge in [-0.2, -0.15) is 0 Å². The maximum atomic E-state index is 11.6. The summed E-state index contributed by atoms with van der Waals surface area (Å²) < 4.78 is 10.2. The summed E-state index contributed by atoms with van der Waals surface area (Å²) in [6, 6.07) is 0. The minimum Gasteiger partial charge on any atom is -0.466 e. The van der Waals surface area contributed by atoms with Crippen LogP contribution in [-0.4, -0.2) is 35.9 Å². The maximum Gasteiger partial charge on any atom is 0.334 e. The van der Waals surface area contributed by atoms with Crippen molar-refractivity contribution in [2.24, 2.45) is 11.8 Å². The Bertz CT molecular complexity index is 519. The number of rotatable bonds is 5. The van der Waals surface area contributed by atoms with Gasteiger partial charge in [0, 0.05) is 18.9 Å².